The van der Waals surface area contributed by atoms with E-state index in [1.165, 1.54) is 11.3 Å². The van der Waals surface area contributed by atoms with E-state index in [1.807, 2.05) is 13.8 Å². The molecule has 6 heteroatoms. The maximum absolute atomic E-state index is 12.1. The van der Waals surface area contributed by atoms with Crippen molar-refractivity contribution in [3.63, 3.8) is 0 Å². The molecule has 0 saturated carbocycles. The lowest BCUT2D eigenvalue weighted by Crippen LogP contribution is -2.19. The predicted molar refractivity (Wildman–Crippen MR) is 84.0 cm³/mol. The van der Waals surface area contributed by atoms with Gasteiger partial charge in [0.1, 0.15) is 5.00 Å². The van der Waals surface area contributed by atoms with E-state index in [-0.39, 0.29) is 11.9 Å². The van der Waals surface area contributed by atoms with Gasteiger partial charge in [-0.15, -0.1) is 11.3 Å². The topological polar surface area (TPSA) is 67.4 Å². The molecule has 1 fully saturated rings. The van der Waals surface area contributed by atoms with Crippen molar-refractivity contribution in [2.24, 2.45) is 5.92 Å². The third kappa shape index (κ3) is 3.83. The van der Waals surface area contributed by atoms with E-state index in [4.69, 9.17) is 4.74 Å². The van der Waals surface area contributed by atoms with Crippen molar-refractivity contribution in [3.05, 3.63) is 16.0 Å². The first-order valence-electron chi connectivity index (χ1n) is 7.30. The van der Waals surface area contributed by atoms with Crippen LogP contribution >= 0.6 is 11.3 Å². The zero-order chi connectivity index (χ0) is 15.4. The first kappa shape index (κ1) is 16.0. The van der Waals surface area contributed by atoms with Crippen LogP contribution < -0.4 is 10.6 Å². The predicted octanol–water partition coefficient (Wildman–Crippen LogP) is 2.48. The number of thiophene rings is 1. The molecule has 1 amide bonds. The number of esters is 1. The fourth-order valence-corrected chi connectivity index (χ4v) is 3.56. The van der Waals surface area contributed by atoms with Crippen LogP contribution in [0.1, 0.15) is 40.6 Å². The lowest BCUT2D eigenvalue weighted by Gasteiger charge is -2.09. The van der Waals surface area contributed by atoms with Crippen LogP contribution in [0.3, 0.4) is 0 Å². The van der Waals surface area contributed by atoms with E-state index in [2.05, 4.69) is 10.6 Å². The standard InChI is InChI=1S/C15H22N2O3S/c1-4-20-15(19)13-9(2)10(3)21-14(13)17-12(18)7-11-5-6-16-8-11/h11,16H,4-8H2,1-3H3,(H,17,18). The van der Waals surface area contributed by atoms with Gasteiger partial charge in [0, 0.05) is 11.3 Å². The van der Waals surface area contributed by atoms with Gasteiger partial charge in [-0.05, 0) is 51.8 Å². The lowest BCUT2D eigenvalue weighted by molar-refractivity contribution is -0.116. The highest BCUT2D eigenvalue weighted by molar-refractivity contribution is 7.16. The molecular formula is C15H22N2O3S. The highest BCUT2D eigenvalue weighted by Gasteiger charge is 2.23. The zero-order valence-electron chi connectivity index (χ0n) is 12.7. The Morgan fingerprint density at radius 2 is 2.19 bits per heavy atom. The smallest absolute Gasteiger partial charge is 0.341 e. The number of hydrogen-bond donors (Lipinski definition) is 2. The summed E-state index contributed by atoms with van der Waals surface area (Å²) in [7, 11) is 0. The molecule has 21 heavy (non-hydrogen) atoms. The number of anilines is 1. The van der Waals surface area contributed by atoms with Crippen molar-refractivity contribution in [2.75, 3.05) is 25.0 Å². The van der Waals surface area contributed by atoms with E-state index in [0.717, 1.165) is 30.0 Å². The van der Waals surface area contributed by atoms with Gasteiger partial charge in [-0.3, -0.25) is 4.79 Å². The SMILES string of the molecule is CCOC(=O)c1c(NC(=O)CC2CCNC2)sc(C)c1C. The monoisotopic (exact) mass is 310 g/mol. The summed E-state index contributed by atoms with van der Waals surface area (Å²) in [6.45, 7) is 7.80. The number of ether oxygens (including phenoxy) is 1. The molecule has 0 spiro atoms. The minimum absolute atomic E-state index is 0.0319. The fourth-order valence-electron chi connectivity index (χ4n) is 2.49. The summed E-state index contributed by atoms with van der Waals surface area (Å²) in [4.78, 5) is 25.2. The normalized spacial score (nSPS) is 17.8. The van der Waals surface area contributed by atoms with Gasteiger partial charge >= 0.3 is 5.97 Å². The summed E-state index contributed by atoms with van der Waals surface area (Å²) < 4.78 is 5.08. The van der Waals surface area contributed by atoms with Crippen molar-refractivity contribution in [2.45, 2.75) is 33.6 Å². The minimum atomic E-state index is -0.364. The van der Waals surface area contributed by atoms with Crippen LogP contribution in [0, 0.1) is 19.8 Å². The first-order chi connectivity index (χ1) is 10.0. The van der Waals surface area contributed by atoms with Gasteiger partial charge in [-0.25, -0.2) is 4.79 Å². The number of rotatable bonds is 5. The number of nitrogens with one attached hydrogen (secondary N) is 2. The molecule has 5 nitrogen and oxygen atoms in total. The Hall–Kier alpha value is -1.40. The van der Waals surface area contributed by atoms with Crippen LogP contribution in [0.25, 0.3) is 0 Å². The molecule has 1 aromatic rings. The van der Waals surface area contributed by atoms with Crippen molar-refractivity contribution in [3.8, 4) is 0 Å². The molecule has 2 N–H and O–H groups in total. The van der Waals surface area contributed by atoms with Crippen LogP contribution in [0.15, 0.2) is 0 Å². The summed E-state index contributed by atoms with van der Waals surface area (Å²) in [5.74, 6) is -0.00844. The maximum Gasteiger partial charge on any atom is 0.341 e. The van der Waals surface area contributed by atoms with E-state index >= 15 is 0 Å². The third-order valence-corrected chi connectivity index (χ3v) is 4.88. The summed E-state index contributed by atoms with van der Waals surface area (Å²) in [5.41, 5.74) is 1.38. The molecule has 1 unspecified atom stereocenters. The Labute approximate surface area is 129 Å². The van der Waals surface area contributed by atoms with E-state index in [9.17, 15) is 9.59 Å². The van der Waals surface area contributed by atoms with Gasteiger partial charge in [0.25, 0.3) is 0 Å². The molecule has 116 valence electrons. The number of carbonyl (C=O) groups excluding carboxylic acids is 2. The Kier molecular flexibility index (Phi) is 5.36. The molecule has 2 heterocycles. The highest BCUT2D eigenvalue weighted by Crippen LogP contribution is 2.33. The number of hydrogen-bond acceptors (Lipinski definition) is 5. The minimum Gasteiger partial charge on any atom is -0.462 e. The molecule has 2 rings (SSSR count). The summed E-state index contributed by atoms with van der Waals surface area (Å²) in [6, 6.07) is 0. The largest absolute Gasteiger partial charge is 0.462 e. The van der Waals surface area contributed by atoms with E-state index in [1.54, 1.807) is 6.92 Å². The molecule has 1 atom stereocenters. The summed E-state index contributed by atoms with van der Waals surface area (Å²) in [6.07, 6.45) is 1.52. The number of carbonyl (C=O) groups is 2. The fraction of sp³-hybridized carbons (Fsp3) is 0.600. The van der Waals surface area contributed by atoms with Crippen LogP contribution in [0.5, 0.6) is 0 Å². The Morgan fingerprint density at radius 1 is 1.43 bits per heavy atom. The Morgan fingerprint density at radius 3 is 2.81 bits per heavy atom. The van der Waals surface area contributed by atoms with Gasteiger partial charge < -0.3 is 15.4 Å². The highest BCUT2D eigenvalue weighted by atomic mass is 32.1. The molecule has 1 aliphatic heterocycles. The van der Waals surface area contributed by atoms with Gasteiger partial charge in [0.05, 0.1) is 12.2 Å². The molecule has 1 aromatic heterocycles. The second-order valence-corrected chi connectivity index (χ2v) is 6.54. The van der Waals surface area contributed by atoms with Gasteiger partial charge in [0.15, 0.2) is 0 Å². The molecule has 0 bridgehead atoms. The van der Waals surface area contributed by atoms with Crippen molar-refractivity contribution in [1.82, 2.24) is 5.32 Å². The first-order valence-corrected chi connectivity index (χ1v) is 8.12. The van der Waals surface area contributed by atoms with Crippen molar-refractivity contribution >= 4 is 28.2 Å². The van der Waals surface area contributed by atoms with E-state index < -0.39 is 0 Å². The van der Waals surface area contributed by atoms with Crippen molar-refractivity contribution < 1.29 is 14.3 Å². The summed E-state index contributed by atoms with van der Waals surface area (Å²) >= 11 is 1.43. The van der Waals surface area contributed by atoms with Gasteiger partial charge in [-0.2, -0.15) is 0 Å². The Balaban J connectivity index is 2.09. The summed E-state index contributed by atoms with van der Waals surface area (Å²) in [5, 5.41) is 6.75. The molecule has 0 radical (unpaired) electrons. The second-order valence-electron chi connectivity index (χ2n) is 5.32. The lowest BCUT2D eigenvalue weighted by atomic mass is 10.0. The quantitative estimate of drug-likeness (QED) is 0.820. The average molecular weight is 310 g/mol. The maximum atomic E-state index is 12.1. The van der Waals surface area contributed by atoms with Crippen LogP contribution in [0.2, 0.25) is 0 Å². The molecule has 0 aliphatic carbocycles. The Bertz CT molecular complexity index is 533. The van der Waals surface area contributed by atoms with Crippen LogP contribution in [0.4, 0.5) is 5.00 Å². The van der Waals surface area contributed by atoms with Gasteiger partial charge in [0.2, 0.25) is 5.91 Å². The van der Waals surface area contributed by atoms with Gasteiger partial charge in [-0.1, -0.05) is 0 Å². The molecule has 1 aliphatic rings. The molecule has 1 saturated heterocycles. The third-order valence-electron chi connectivity index (χ3n) is 3.75. The second kappa shape index (κ2) is 7.04. The molecule has 0 aromatic carbocycles. The number of aryl methyl sites for hydroxylation is 1. The van der Waals surface area contributed by atoms with Crippen LogP contribution in [-0.4, -0.2) is 31.6 Å². The van der Waals surface area contributed by atoms with Crippen LogP contribution in [-0.2, 0) is 9.53 Å². The van der Waals surface area contributed by atoms with Crippen molar-refractivity contribution in [1.29, 1.82) is 0 Å². The number of amides is 1. The average Bonchev–Trinajstić information content (AvgIpc) is 2.99. The zero-order valence-corrected chi connectivity index (χ0v) is 13.6. The van der Waals surface area contributed by atoms with E-state index in [0.29, 0.717) is 29.5 Å². The molecular weight excluding hydrogens is 288 g/mol.